The molecule has 2 heterocycles. The fraction of sp³-hybridized carbons (Fsp3) is 0.636. The van der Waals surface area contributed by atoms with Crippen LogP contribution in [0.15, 0.2) is 16.3 Å². The molecular formula is C11H17NO3S3. The Balaban J connectivity index is 1.94. The van der Waals surface area contributed by atoms with E-state index in [1.165, 1.54) is 17.4 Å². The van der Waals surface area contributed by atoms with Crippen molar-refractivity contribution in [2.24, 2.45) is 5.92 Å². The lowest BCUT2D eigenvalue weighted by atomic mass is 10.0. The zero-order chi connectivity index (χ0) is 13.0. The molecule has 0 aliphatic carbocycles. The van der Waals surface area contributed by atoms with Gasteiger partial charge in [0.15, 0.2) is 0 Å². The third-order valence-electron chi connectivity index (χ3n) is 3.00. The second-order valence-corrected chi connectivity index (χ2v) is 8.30. The molecule has 1 saturated heterocycles. The number of thiophene rings is 1. The van der Waals surface area contributed by atoms with Gasteiger partial charge in [-0.3, -0.25) is 0 Å². The second kappa shape index (κ2) is 6.38. The van der Waals surface area contributed by atoms with Crippen LogP contribution in [0.3, 0.4) is 0 Å². The van der Waals surface area contributed by atoms with Crippen LogP contribution in [0.4, 0.5) is 0 Å². The molecule has 1 aliphatic rings. The summed E-state index contributed by atoms with van der Waals surface area (Å²) in [5.41, 5.74) is 0. The maximum Gasteiger partial charge on any atom is 0.241 e. The molecule has 0 bridgehead atoms. The minimum Gasteiger partial charge on any atom is -0.391 e. The van der Waals surface area contributed by atoms with Gasteiger partial charge in [0.1, 0.15) is 0 Å². The summed E-state index contributed by atoms with van der Waals surface area (Å²) >= 11 is 3.20. The predicted octanol–water partition coefficient (Wildman–Crippen LogP) is 1.66. The first kappa shape index (κ1) is 14.3. The van der Waals surface area contributed by atoms with Gasteiger partial charge in [-0.1, -0.05) is 0 Å². The van der Waals surface area contributed by atoms with E-state index >= 15 is 0 Å². The van der Waals surface area contributed by atoms with Gasteiger partial charge in [-0.15, -0.1) is 11.3 Å². The molecule has 2 N–H and O–H groups in total. The van der Waals surface area contributed by atoms with E-state index < -0.39 is 10.0 Å². The van der Waals surface area contributed by atoms with Gasteiger partial charge in [-0.2, -0.15) is 11.8 Å². The summed E-state index contributed by atoms with van der Waals surface area (Å²) in [4.78, 5) is 0.936. The Morgan fingerprint density at radius 3 is 2.72 bits per heavy atom. The van der Waals surface area contributed by atoms with Crippen molar-refractivity contribution < 1.29 is 13.5 Å². The number of thioether (sulfide) groups is 1. The van der Waals surface area contributed by atoms with E-state index in [0.717, 1.165) is 24.3 Å². The van der Waals surface area contributed by atoms with Gasteiger partial charge in [0.05, 0.1) is 11.5 Å². The lowest BCUT2D eigenvalue weighted by molar-refractivity contribution is 0.285. The molecule has 0 spiro atoms. The number of sulfonamides is 1. The Morgan fingerprint density at radius 1 is 1.39 bits per heavy atom. The molecule has 1 aromatic heterocycles. The molecule has 2 rings (SSSR count). The lowest BCUT2D eigenvalue weighted by Crippen LogP contribution is -2.30. The fourth-order valence-corrected chi connectivity index (χ4v) is 5.30. The van der Waals surface area contributed by atoms with Crippen LogP contribution >= 0.6 is 23.1 Å². The smallest absolute Gasteiger partial charge is 0.241 e. The average Bonchev–Trinajstić information content (AvgIpc) is 2.87. The first-order chi connectivity index (χ1) is 8.62. The van der Waals surface area contributed by atoms with Crippen molar-refractivity contribution in [2.45, 2.75) is 24.3 Å². The number of rotatable bonds is 5. The summed E-state index contributed by atoms with van der Waals surface area (Å²) in [7, 11) is -3.41. The number of aliphatic hydroxyl groups excluding tert-OH is 1. The van der Waals surface area contributed by atoms with Crippen LogP contribution in [0.5, 0.6) is 0 Å². The predicted molar refractivity (Wildman–Crippen MR) is 75.5 cm³/mol. The Labute approximate surface area is 116 Å². The third-order valence-corrected chi connectivity index (χ3v) is 6.52. The van der Waals surface area contributed by atoms with Crippen LogP contribution in [-0.4, -0.2) is 31.6 Å². The SMILES string of the molecule is O=S(=O)(NCC1CCSCC1)c1csc(CO)c1. The topological polar surface area (TPSA) is 66.4 Å². The van der Waals surface area contributed by atoms with E-state index in [4.69, 9.17) is 5.11 Å². The average molecular weight is 307 g/mol. The van der Waals surface area contributed by atoms with Crippen molar-refractivity contribution in [1.29, 1.82) is 0 Å². The highest BCUT2D eigenvalue weighted by molar-refractivity contribution is 7.99. The number of nitrogens with one attached hydrogen (secondary N) is 1. The highest BCUT2D eigenvalue weighted by Gasteiger charge is 2.19. The van der Waals surface area contributed by atoms with Crippen LogP contribution in [0.1, 0.15) is 17.7 Å². The van der Waals surface area contributed by atoms with E-state index in [9.17, 15) is 8.42 Å². The molecule has 0 unspecified atom stereocenters. The molecule has 7 heteroatoms. The van der Waals surface area contributed by atoms with Crippen LogP contribution in [0, 0.1) is 5.92 Å². The maximum atomic E-state index is 12.0. The molecular weight excluding hydrogens is 290 g/mol. The normalized spacial score (nSPS) is 18.1. The Hall–Kier alpha value is -0.0800. The molecule has 0 radical (unpaired) electrons. The van der Waals surface area contributed by atoms with Gasteiger partial charge >= 0.3 is 0 Å². The zero-order valence-corrected chi connectivity index (χ0v) is 12.4. The summed E-state index contributed by atoms with van der Waals surface area (Å²) in [5, 5.41) is 10.5. The second-order valence-electron chi connectivity index (χ2n) is 4.31. The third kappa shape index (κ3) is 3.71. The minimum atomic E-state index is -3.41. The van der Waals surface area contributed by atoms with Gasteiger partial charge < -0.3 is 5.11 Å². The van der Waals surface area contributed by atoms with Gasteiger partial charge in [0, 0.05) is 16.8 Å². The molecule has 1 aromatic rings. The molecule has 0 aromatic carbocycles. The highest BCUT2D eigenvalue weighted by Crippen LogP contribution is 2.23. The first-order valence-corrected chi connectivity index (χ1v) is 9.39. The minimum absolute atomic E-state index is 0.111. The van der Waals surface area contributed by atoms with Crippen LogP contribution in [-0.2, 0) is 16.6 Å². The van der Waals surface area contributed by atoms with Gasteiger partial charge in [0.25, 0.3) is 0 Å². The van der Waals surface area contributed by atoms with Crippen molar-refractivity contribution in [3.63, 3.8) is 0 Å². The maximum absolute atomic E-state index is 12.0. The largest absolute Gasteiger partial charge is 0.391 e. The highest BCUT2D eigenvalue weighted by atomic mass is 32.2. The van der Waals surface area contributed by atoms with Crippen molar-refractivity contribution in [1.82, 2.24) is 4.72 Å². The van der Waals surface area contributed by atoms with Crippen molar-refractivity contribution in [3.05, 3.63) is 16.3 Å². The van der Waals surface area contributed by atoms with Crippen LogP contribution in [0.2, 0.25) is 0 Å². The Kier molecular flexibility index (Phi) is 5.08. The standard InChI is InChI=1S/C11H17NO3S3/c13-7-10-5-11(8-17-10)18(14,15)12-6-9-1-3-16-4-2-9/h5,8-9,12-13H,1-4,6-7H2. The van der Waals surface area contributed by atoms with E-state index in [1.807, 2.05) is 11.8 Å². The number of hydrogen-bond donors (Lipinski definition) is 2. The molecule has 0 atom stereocenters. The summed E-state index contributed by atoms with van der Waals surface area (Å²) in [6.45, 7) is 0.410. The van der Waals surface area contributed by atoms with E-state index in [1.54, 1.807) is 5.38 Å². The van der Waals surface area contributed by atoms with E-state index in [0.29, 0.717) is 17.3 Å². The summed E-state index contributed by atoms with van der Waals surface area (Å²) in [5.74, 6) is 2.70. The molecule has 1 aliphatic heterocycles. The lowest BCUT2D eigenvalue weighted by Gasteiger charge is -2.21. The summed E-state index contributed by atoms with van der Waals surface area (Å²) in [6, 6.07) is 1.53. The Bertz CT molecular complexity index is 477. The van der Waals surface area contributed by atoms with E-state index in [2.05, 4.69) is 4.72 Å². The van der Waals surface area contributed by atoms with E-state index in [-0.39, 0.29) is 11.5 Å². The molecule has 4 nitrogen and oxygen atoms in total. The van der Waals surface area contributed by atoms with Gasteiger partial charge in [-0.05, 0) is 36.3 Å². The monoisotopic (exact) mass is 307 g/mol. The quantitative estimate of drug-likeness (QED) is 0.868. The Morgan fingerprint density at radius 2 is 2.11 bits per heavy atom. The van der Waals surface area contributed by atoms with Crippen LogP contribution < -0.4 is 4.72 Å². The summed E-state index contributed by atoms with van der Waals surface area (Å²) < 4.78 is 26.7. The molecule has 102 valence electrons. The van der Waals surface area contributed by atoms with Crippen LogP contribution in [0.25, 0.3) is 0 Å². The molecule has 0 saturated carbocycles. The van der Waals surface area contributed by atoms with Gasteiger partial charge in [-0.25, -0.2) is 13.1 Å². The molecule has 1 fully saturated rings. The van der Waals surface area contributed by atoms with Gasteiger partial charge in [0.2, 0.25) is 10.0 Å². The molecule has 0 amide bonds. The number of aliphatic hydroxyl groups is 1. The van der Waals surface area contributed by atoms with Crippen molar-refractivity contribution in [3.8, 4) is 0 Å². The zero-order valence-electron chi connectivity index (χ0n) is 9.96. The molecule has 18 heavy (non-hydrogen) atoms. The van der Waals surface area contributed by atoms with Crippen molar-refractivity contribution >= 4 is 33.1 Å². The summed E-state index contributed by atoms with van der Waals surface area (Å²) in [6.07, 6.45) is 2.16. The fourth-order valence-electron chi connectivity index (χ4n) is 1.85. The number of hydrogen-bond acceptors (Lipinski definition) is 5. The first-order valence-electron chi connectivity index (χ1n) is 5.87. The van der Waals surface area contributed by atoms with Crippen molar-refractivity contribution in [2.75, 3.05) is 18.1 Å².